The van der Waals surface area contributed by atoms with E-state index in [1.165, 1.54) is 26.1 Å². The minimum Gasteiger partial charge on any atom is -0.465 e. The molecule has 14 nitrogen and oxygen atoms in total. The fraction of sp³-hybridized carbons (Fsp3) is 0.667. The minimum absolute atomic E-state index is 0.120. The number of ketones is 1. The molecule has 3 fully saturated rings. The molecule has 14 heteroatoms. The Hall–Kier alpha value is -3.46. The van der Waals surface area contributed by atoms with Crippen LogP contribution in [0.1, 0.15) is 63.5 Å². The summed E-state index contributed by atoms with van der Waals surface area (Å²) in [5, 5.41) is 35.7. The molecule has 10 atom stereocenters. The van der Waals surface area contributed by atoms with Crippen molar-refractivity contribution in [3.05, 3.63) is 29.6 Å². The van der Waals surface area contributed by atoms with Crippen LogP contribution in [0.2, 0.25) is 0 Å². The minimum atomic E-state index is -2.49. The number of pyridine rings is 1. The lowest BCUT2D eigenvalue weighted by atomic mass is 9.46. The van der Waals surface area contributed by atoms with Crippen LogP contribution in [0.4, 0.5) is 0 Å². The number of hydrogen-bond acceptors (Lipinski definition) is 14. The Balaban J connectivity index is 1.76. The molecule has 3 heterocycles. The Bertz CT molecular complexity index is 1390. The Morgan fingerprint density at radius 1 is 1.14 bits per heavy atom. The molecule has 0 radical (unpaired) electrons. The largest absolute Gasteiger partial charge is 0.465 e. The molecule has 2 aliphatic heterocycles. The zero-order valence-corrected chi connectivity index (χ0v) is 25.1. The molecular weight excluding hydrogens is 582 g/mol. The van der Waals surface area contributed by atoms with Crippen LogP contribution in [-0.2, 0) is 49.3 Å². The number of nitrogens with zero attached hydrogens (tertiary/aromatic N) is 1. The third-order valence-corrected chi connectivity index (χ3v) is 9.72. The first-order valence-corrected chi connectivity index (χ1v) is 14.5. The van der Waals surface area contributed by atoms with Crippen LogP contribution < -0.4 is 0 Å². The van der Waals surface area contributed by atoms with E-state index < -0.39 is 108 Å². The predicted octanol–water partition coefficient (Wildman–Crippen LogP) is -0.183. The monoisotopic (exact) mass is 619 g/mol. The highest BCUT2D eigenvalue weighted by molar-refractivity contribution is 5.91. The standard InChI is InChI=1S/C30H37NO13/c1-14-8-9-18-17(7-6-10-31-18)26(38)41-12-27(4)20-19(34)11-29(13-40-15(2)32)22(36)21(35)24(43-25(14)37)28(5,39)30(29,44-27)23(20)42-16(3)33/h6-7,10,14,20-24,35-36,39H,8-9,11-13H2,1-5H3/t14?,20-,21-,22+,23-,24+,27+,28+,29+,30+/m1/s1. The van der Waals surface area contributed by atoms with Gasteiger partial charge in [0.2, 0.25) is 0 Å². The van der Waals surface area contributed by atoms with E-state index in [2.05, 4.69) is 4.98 Å². The molecule has 1 unspecified atom stereocenters. The number of cyclic esters (lactones) is 1. The molecule has 2 saturated carbocycles. The highest BCUT2D eigenvalue weighted by Crippen LogP contribution is 2.67. The van der Waals surface area contributed by atoms with Crippen molar-refractivity contribution in [1.82, 2.24) is 4.98 Å². The second-order valence-corrected chi connectivity index (χ2v) is 12.7. The summed E-state index contributed by atoms with van der Waals surface area (Å²) in [4.78, 5) is 69.7. The number of esters is 4. The van der Waals surface area contributed by atoms with Crippen molar-refractivity contribution in [2.45, 2.75) is 95.1 Å². The van der Waals surface area contributed by atoms with Gasteiger partial charge in [-0.3, -0.25) is 24.2 Å². The van der Waals surface area contributed by atoms with Crippen LogP contribution in [0.25, 0.3) is 0 Å². The van der Waals surface area contributed by atoms with E-state index in [0.717, 1.165) is 13.8 Å². The SMILES string of the molecule is CC(=O)OC[C@]12CC(=O)[C@@H]3[C@@H](OC(C)=O)[C@@]14O[C@@]3(C)COC(=O)c1cccnc1CCC(C)C(=O)O[C@@H]([C@H](O)[C@@H]2O)[C@]4(C)O. The van der Waals surface area contributed by atoms with E-state index in [1.807, 2.05) is 0 Å². The van der Waals surface area contributed by atoms with Gasteiger partial charge in [-0.2, -0.15) is 0 Å². The zero-order chi connectivity index (χ0) is 32.4. The molecule has 0 amide bonds. The molecule has 240 valence electrons. The number of hydrogen-bond donors (Lipinski definition) is 3. The topological polar surface area (TPSA) is 205 Å². The van der Waals surface area contributed by atoms with Gasteiger partial charge in [0, 0.05) is 26.5 Å². The van der Waals surface area contributed by atoms with Crippen LogP contribution in [0.5, 0.6) is 0 Å². The maximum atomic E-state index is 14.0. The molecule has 1 spiro atoms. The Morgan fingerprint density at radius 2 is 1.84 bits per heavy atom. The van der Waals surface area contributed by atoms with Crippen LogP contribution >= 0.6 is 0 Å². The molecule has 4 aliphatic rings. The second-order valence-electron chi connectivity index (χ2n) is 12.7. The van der Waals surface area contributed by atoms with E-state index in [4.69, 9.17) is 23.7 Å². The van der Waals surface area contributed by atoms with Crippen molar-refractivity contribution >= 4 is 29.7 Å². The molecule has 5 rings (SSSR count). The number of carbonyl (C=O) groups is 5. The average Bonchev–Trinajstić information content (AvgIpc) is 3.17. The number of aliphatic hydroxyl groups excluding tert-OH is 2. The lowest BCUT2D eigenvalue weighted by Crippen LogP contribution is -2.85. The van der Waals surface area contributed by atoms with Crippen molar-refractivity contribution in [2.24, 2.45) is 17.3 Å². The number of fused-ring (bicyclic) bond motifs is 5. The van der Waals surface area contributed by atoms with Gasteiger partial charge in [0.15, 0.2) is 11.7 Å². The fourth-order valence-electron chi connectivity index (χ4n) is 7.68. The van der Waals surface area contributed by atoms with E-state index in [0.29, 0.717) is 5.69 Å². The number of aliphatic hydroxyl groups is 3. The van der Waals surface area contributed by atoms with E-state index in [-0.39, 0.29) is 18.4 Å². The maximum absolute atomic E-state index is 14.0. The summed E-state index contributed by atoms with van der Waals surface area (Å²) in [5.74, 6) is -6.18. The summed E-state index contributed by atoms with van der Waals surface area (Å²) in [7, 11) is 0. The molecule has 2 aliphatic carbocycles. The molecule has 1 aromatic heterocycles. The second kappa shape index (κ2) is 10.9. The summed E-state index contributed by atoms with van der Waals surface area (Å²) < 4.78 is 29.1. The third-order valence-electron chi connectivity index (χ3n) is 9.72. The molecule has 0 aromatic carbocycles. The number of carbonyl (C=O) groups excluding carboxylic acids is 5. The lowest BCUT2D eigenvalue weighted by Gasteiger charge is -2.64. The summed E-state index contributed by atoms with van der Waals surface area (Å²) in [6, 6.07) is 3.04. The van der Waals surface area contributed by atoms with Crippen LogP contribution in [0, 0.1) is 17.3 Å². The highest BCUT2D eigenvalue weighted by Gasteiger charge is 2.87. The van der Waals surface area contributed by atoms with Crippen molar-refractivity contribution in [3.63, 3.8) is 0 Å². The van der Waals surface area contributed by atoms with E-state index >= 15 is 0 Å². The molecule has 1 aromatic rings. The normalized spacial score (nSPS) is 41.9. The number of ether oxygens (including phenoxy) is 5. The first-order valence-electron chi connectivity index (χ1n) is 14.5. The summed E-state index contributed by atoms with van der Waals surface area (Å²) in [6.07, 6.45) is -6.34. The van der Waals surface area contributed by atoms with Crippen molar-refractivity contribution < 1.29 is 63.0 Å². The number of aryl methyl sites for hydroxylation is 1. The van der Waals surface area contributed by atoms with Gasteiger partial charge in [0.1, 0.15) is 42.4 Å². The van der Waals surface area contributed by atoms with E-state index in [1.54, 1.807) is 13.0 Å². The van der Waals surface area contributed by atoms with Gasteiger partial charge in [0.05, 0.1) is 34.6 Å². The number of rotatable bonds is 3. The quantitative estimate of drug-likeness (QED) is 0.297. The van der Waals surface area contributed by atoms with Crippen molar-refractivity contribution in [1.29, 1.82) is 0 Å². The van der Waals surface area contributed by atoms with Gasteiger partial charge < -0.3 is 39.0 Å². The van der Waals surface area contributed by atoms with Crippen molar-refractivity contribution in [2.75, 3.05) is 13.2 Å². The Morgan fingerprint density at radius 3 is 2.50 bits per heavy atom. The molecular formula is C30H37NO13. The predicted molar refractivity (Wildman–Crippen MR) is 144 cm³/mol. The van der Waals surface area contributed by atoms with Gasteiger partial charge in [-0.15, -0.1) is 0 Å². The molecule has 4 bridgehead atoms. The number of Topliss-reactive ketones (excluding diaryl/α,β-unsaturated/α-hetero) is 1. The first kappa shape index (κ1) is 31.9. The number of aromatic nitrogens is 1. The molecule has 3 N–H and O–H groups in total. The molecule has 1 saturated heterocycles. The van der Waals surface area contributed by atoms with Crippen LogP contribution in [-0.4, -0.2) is 104 Å². The maximum Gasteiger partial charge on any atom is 0.340 e. The molecule has 44 heavy (non-hydrogen) atoms. The fourth-order valence-corrected chi connectivity index (χ4v) is 7.68. The Kier molecular flexibility index (Phi) is 7.89. The zero-order valence-electron chi connectivity index (χ0n) is 25.1. The lowest BCUT2D eigenvalue weighted by molar-refractivity contribution is -0.364. The van der Waals surface area contributed by atoms with Crippen LogP contribution in [0.15, 0.2) is 18.3 Å². The van der Waals surface area contributed by atoms with Gasteiger partial charge in [0.25, 0.3) is 0 Å². The first-order chi connectivity index (χ1) is 20.5. The summed E-state index contributed by atoms with van der Waals surface area (Å²) in [5.41, 5.74) is -8.27. The highest BCUT2D eigenvalue weighted by atomic mass is 16.6. The van der Waals surface area contributed by atoms with Gasteiger partial charge in [-0.1, -0.05) is 6.92 Å². The van der Waals surface area contributed by atoms with Gasteiger partial charge >= 0.3 is 23.9 Å². The summed E-state index contributed by atoms with van der Waals surface area (Å²) >= 11 is 0. The van der Waals surface area contributed by atoms with Crippen molar-refractivity contribution in [3.8, 4) is 0 Å². The van der Waals surface area contributed by atoms with Gasteiger partial charge in [-0.05, 0) is 38.8 Å². The average molecular weight is 620 g/mol. The van der Waals surface area contributed by atoms with Crippen LogP contribution in [0.3, 0.4) is 0 Å². The smallest absolute Gasteiger partial charge is 0.340 e. The Labute approximate surface area is 253 Å². The summed E-state index contributed by atoms with van der Waals surface area (Å²) in [6.45, 7) is 4.97. The van der Waals surface area contributed by atoms with Gasteiger partial charge in [-0.25, -0.2) is 4.79 Å². The third kappa shape index (κ3) is 4.53. The van der Waals surface area contributed by atoms with E-state index in [9.17, 15) is 39.3 Å².